The van der Waals surface area contributed by atoms with E-state index in [4.69, 9.17) is 0 Å². The first-order valence-electron chi connectivity index (χ1n) is 11.6. The Bertz CT molecular complexity index is 684. The van der Waals surface area contributed by atoms with Gasteiger partial charge in [-0.2, -0.15) is 0 Å². The molecular weight excluding hydrogens is 503 g/mol. The van der Waals surface area contributed by atoms with E-state index in [0.29, 0.717) is 6.54 Å². The van der Waals surface area contributed by atoms with Crippen LogP contribution in [-0.2, 0) is 6.54 Å². The molecule has 0 aliphatic carbocycles. The number of rotatable bonds is 7. The van der Waals surface area contributed by atoms with Crippen LogP contribution in [0.1, 0.15) is 50.5 Å². The molecule has 2 heterocycles. The monoisotopic (exact) mass is 542 g/mol. The number of aliphatic imine (C=N–C) groups is 1. The lowest BCUT2D eigenvalue weighted by Gasteiger charge is -2.20. The molecule has 7 nitrogen and oxygen atoms in total. The number of halogens is 1. The fourth-order valence-electron chi connectivity index (χ4n) is 4.16. The average molecular weight is 543 g/mol. The van der Waals surface area contributed by atoms with Crippen LogP contribution in [0.3, 0.4) is 0 Å². The molecule has 0 aromatic heterocycles. The molecule has 0 spiro atoms. The summed E-state index contributed by atoms with van der Waals surface area (Å²) in [6.45, 7) is 6.94. The van der Waals surface area contributed by atoms with Gasteiger partial charge < -0.3 is 25.8 Å². The first-order chi connectivity index (χ1) is 14.7. The van der Waals surface area contributed by atoms with E-state index in [1.165, 1.54) is 38.8 Å². The number of anilines is 1. The van der Waals surface area contributed by atoms with E-state index in [2.05, 4.69) is 31.9 Å². The van der Waals surface area contributed by atoms with Crippen molar-refractivity contribution < 1.29 is 4.79 Å². The number of carbonyl (C=O) groups excluding carboxylic acids is 1. The summed E-state index contributed by atoms with van der Waals surface area (Å²) >= 11 is 0. The first-order valence-corrected chi connectivity index (χ1v) is 11.6. The molecule has 2 aliphatic rings. The maximum absolute atomic E-state index is 12.3. The summed E-state index contributed by atoms with van der Waals surface area (Å²) in [6, 6.07) is 8.00. The minimum absolute atomic E-state index is 0. The highest BCUT2D eigenvalue weighted by Gasteiger charge is 2.17. The molecule has 2 saturated heterocycles. The van der Waals surface area contributed by atoms with Gasteiger partial charge in [-0.15, -0.1) is 24.0 Å². The minimum atomic E-state index is -0.000468. The topological polar surface area (TPSA) is 72.0 Å². The van der Waals surface area contributed by atoms with Gasteiger partial charge in [0.25, 0.3) is 0 Å². The second-order valence-corrected chi connectivity index (χ2v) is 8.29. The fourth-order valence-corrected chi connectivity index (χ4v) is 4.16. The molecule has 0 bridgehead atoms. The molecule has 3 rings (SSSR count). The summed E-state index contributed by atoms with van der Waals surface area (Å²) in [7, 11) is 1.80. The Hall–Kier alpha value is -1.55. The molecule has 0 unspecified atom stereocenters. The van der Waals surface area contributed by atoms with Gasteiger partial charge >= 0.3 is 6.03 Å². The van der Waals surface area contributed by atoms with Crippen LogP contribution in [-0.4, -0.2) is 68.1 Å². The van der Waals surface area contributed by atoms with Crippen molar-refractivity contribution in [3.8, 4) is 0 Å². The quantitative estimate of drug-likeness (QED) is 0.212. The zero-order valence-electron chi connectivity index (χ0n) is 18.9. The molecule has 2 fully saturated rings. The fraction of sp³-hybridized carbons (Fsp3) is 0.652. The Balaban J connectivity index is 0.00000341. The molecule has 1 aromatic rings. The molecule has 3 N–H and O–H groups in total. The maximum Gasteiger partial charge on any atom is 0.321 e. The summed E-state index contributed by atoms with van der Waals surface area (Å²) in [5.41, 5.74) is 1.95. The molecule has 0 atom stereocenters. The number of nitrogens with one attached hydrogen (secondary N) is 3. The lowest BCUT2D eigenvalue weighted by molar-refractivity contribution is 0.222. The van der Waals surface area contributed by atoms with Crippen LogP contribution in [0.4, 0.5) is 10.5 Å². The number of hydrogen-bond donors (Lipinski definition) is 3. The number of guanidine groups is 1. The van der Waals surface area contributed by atoms with Crippen LogP contribution in [0.5, 0.6) is 0 Å². The maximum atomic E-state index is 12.3. The Labute approximate surface area is 204 Å². The highest BCUT2D eigenvalue weighted by Crippen LogP contribution is 2.14. The van der Waals surface area contributed by atoms with Gasteiger partial charge in [-0.25, -0.2) is 4.79 Å². The van der Waals surface area contributed by atoms with Crippen molar-refractivity contribution in [2.75, 3.05) is 51.6 Å². The first kappa shape index (κ1) is 25.7. The van der Waals surface area contributed by atoms with Crippen molar-refractivity contribution in [3.05, 3.63) is 29.8 Å². The SMILES string of the molecule is CN=C(NCCCN1CCCCCC1)NCc1cccc(NC(=O)N2CCCC2)c1.I. The third kappa shape index (κ3) is 9.22. The summed E-state index contributed by atoms with van der Waals surface area (Å²) < 4.78 is 0. The van der Waals surface area contributed by atoms with Crippen LogP contribution in [0.25, 0.3) is 0 Å². The normalized spacial score (nSPS) is 17.6. The van der Waals surface area contributed by atoms with E-state index in [1.54, 1.807) is 7.05 Å². The number of likely N-dealkylation sites (tertiary alicyclic amines) is 2. The van der Waals surface area contributed by atoms with Crippen molar-refractivity contribution in [2.24, 2.45) is 4.99 Å². The second-order valence-electron chi connectivity index (χ2n) is 8.29. The average Bonchev–Trinajstić information content (AvgIpc) is 3.18. The van der Waals surface area contributed by atoms with Crippen molar-refractivity contribution >= 4 is 41.7 Å². The summed E-state index contributed by atoms with van der Waals surface area (Å²) in [6.07, 6.45) is 8.77. The molecular formula is C23H39IN6O. The summed E-state index contributed by atoms with van der Waals surface area (Å²) in [4.78, 5) is 21.1. The van der Waals surface area contributed by atoms with Crippen LogP contribution in [0.15, 0.2) is 29.3 Å². The molecule has 174 valence electrons. The van der Waals surface area contributed by atoms with Crippen LogP contribution >= 0.6 is 24.0 Å². The van der Waals surface area contributed by atoms with Crippen molar-refractivity contribution in [2.45, 2.75) is 51.5 Å². The van der Waals surface area contributed by atoms with E-state index < -0.39 is 0 Å². The molecule has 8 heteroatoms. The summed E-state index contributed by atoms with van der Waals surface area (Å²) in [5, 5.41) is 9.80. The van der Waals surface area contributed by atoms with Gasteiger partial charge in [0.2, 0.25) is 0 Å². The van der Waals surface area contributed by atoms with E-state index in [1.807, 2.05) is 23.1 Å². The zero-order chi connectivity index (χ0) is 21.0. The van der Waals surface area contributed by atoms with Crippen molar-refractivity contribution in [1.29, 1.82) is 0 Å². The van der Waals surface area contributed by atoms with Gasteiger partial charge in [0.15, 0.2) is 5.96 Å². The standard InChI is InChI=1S/C23H38N6O.HI/c1-24-22(25-12-9-15-28-13-4-2-3-5-14-28)26-19-20-10-8-11-21(18-20)27-23(30)29-16-6-7-17-29;/h8,10-11,18H,2-7,9,12-17,19H2,1H3,(H,27,30)(H2,24,25,26);1H. The predicted molar refractivity (Wildman–Crippen MR) is 139 cm³/mol. The van der Waals surface area contributed by atoms with Crippen LogP contribution < -0.4 is 16.0 Å². The van der Waals surface area contributed by atoms with Crippen LogP contribution in [0.2, 0.25) is 0 Å². The number of urea groups is 1. The second kappa shape index (κ2) is 14.5. The van der Waals surface area contributed by atoms with Crippen LogP contribution in [0, 0.1) is 0 Å². The molecule has 31 heavy (non-hydrogen) atoms. The minimum Gasteiger partial charge on any atom is -0.356 e. The zero-order valence-corrected chi connectivity index (χ0v) is 21.2. The van der Waals surface area contributed by atoms with E-state index in [0.717, 1.165) is 62.7 Å². The smallest absolute Gasteiger partial charge is 0.321 e. The Kier molecular flexibility index (Phi) is 12.0. The van der Waals surface area contributed by atoms with E-state index in [9.17, 15) is 4.79 Å². The Morgan fingerprint density at radius 3 is 2.42 bits per heavy atom. The van der Waals surface area contributed by atoms with Gasteiger partial charge in [0.1, 0.15) is 0 Å². The van der Waals surface area contributed by atoms with E-state index >= 15 is 0 Å². The lowest BCUT2D eigenvalue weighted by atomic mass is 10.2. The van der Waals surface area contributed by atoms with Gasteiger partial charge in [-0.05, 0) is 69.4 Å². The third-order valence-electron chi connectivity index (χ3n) is 5.90. The van der Waals surface area contributed by atoms with Gasteiger partial charge in [0.05, 0.1) is 0 Å². The third-order valence-corrected chi connectivity index (χ3v) is 5.90. The van der Waals surface area contributed by atoms with Crippen molar-refractivity contribution in [3.63, 3.8) is 0 Å². The summed E-state index contributed by atoms with van der Waals surface area (Å²) in [5.74, 6) is 0.817. The number of hydrogen-bond acceptors (Lipinski definition) is 3. The Morgan fingerprint density at radius 2 is 1.71 bits per heavy atom. The highest BCUT2D eigenvalue weighted by molar-refractivity contribution is 14.0. The van der Waals surface area contributed by atoms with Gasteiger partial charge in [0, 0.05) is 38.9 Å². The van der Waals surface area contributed by atoms with Crippen molar-refractivity contribution in [1.82, 2.24) is 20.4 Å². The predicted octanol–water partition coefficient (Wildman–Crippen LogP) is 3.86. The molecule has 2 aliphatic heterocycles. The Morgan fingerprint density at radius 1 is 1.00 bits per heavy atom. The number of nitrogens with zero attached hydrogens (tertiary/aromatic N) is 3. The number of amides is 2. The molecule has 0 radical (unpaired) electrons. The number of carbonyl (C=O) groups is 1. The van der Waals surface area contributed by atoms with Gasteiger partial charge in [-0.3, -0.25) is 4.99 Å². The molecule has 2 amide bonds. The lowest BCUT2D eigenvalue weighted by Crippen LogP contribution is -2.38. The molecule has 0 saturated carbocycles. The molecule has 1 aromatic carbocycles. The number of benzene rings is 1. The highest BCUT2D eigenvalue weighted by atomic mass is 127. The van der Waals surface area contributed by atoms with E-state index in [-0.39, 0.29) is 30.0 Å². The van der Waals surface area contributed by atoms with Gasteiger partial charge in [-0.1, -0.05) is 25.0 Å². The largest absolute Gasteiger partial charge is 0.356 e.